The van der Waals surface area contributed by atoms with E-state index in [0.717, 1.165) is 20.3 Å². The Morgan fingerprint density at radius 1 is 1.20 bits per heavy atom. The number of nitrogens with one attached hydrogen (secondary N) is 1. The number of rotatable bonds is 5. The van der Waals surface area contributed by atoms with Gasteiger partial charge in [0.25, 0.3) is 0 Å². The highest BCUT2D eigenvalue weighted by Gasteiger charge is 2.29. The lowest BCUT2D eigenvalue weighted by molar-refractivity contribution is -0.113. The standard InChI is InChI=1S/C21H16N4O3S2/c26-16-9-12(17-5-3-7-28-17)8-15-13(16)10-22-20(23-15)25-19(27)11-29-21-24-14-4-1-2-6-18(14)30-21/h1-7,10,12H,8-9,11H2,(H,22,23,25,27)/t12-/m0/s1. The molecule has 5 rings (SSSR count). The van der Waals surface area contributed by atoms with E-state index in [1.165, 1.54) is 18.0 Å². The lowest BCUT2D eigenvalue weighted by Gasteiger charge is -2.21. The van der Waals surface area contributed by atoms with E-state index in [2.05, 4.69) is 20.3 Å². The summed E-state index contributed by atoms with van der Waals surface area (Å²) in [6.45, 7) is 0. The zero-order chi connectivity index (χ0) is 20.5. The monoisotopic (exact) mass is 436 g/mol. The highest BCUT2D eigenvalue weighted by atomic mass is 32.2. The number of anilines is 1. The van der Waals surface area contributed by atoms with Crippen molar-refractivity contribution in [1.82, 2.24) is 15.0 Å². The van der Waals surface area contributed by atoms with Gasteiger partial charge in [-0.25, -0.2) is 15.0 Å². The number of carbonyl (C=O) groups is 2. The molecule has 3 aromatic heterocycles. The number of thioether (sulfide) groups is 1. The molecular weight excluding hydrogens is 420 g/mol. The maximum absolute atomic E-state index is 12.4. The summed E-state index contributed by atoms with van der Waals surface area (Å²) in [5, 5.41) is 2.72. The van der Waals surface area contributed by atoms with E-state index >= 15 is 0 Å². The second kappa shape index (κ2) is 8.00. The third kappa shape index (κ3) is 3.86. The molecule has 0 radical (unpaired) electrons. The van der Waals surface area contributed by atoms with Crippen LogP contribution in [0, 0.1) is 0 Å². The van der Waals surface area contributed by atoms with Crippen LogP contribution in [0.2, 0.25) is 0 Å². The molecule has 0 spiro atoms. The second-order valence-corrected chi connectivity index (χ2v) is 9.14. The van der Waals surface area contributed by atoms with Gasteiger partial charge in [0.1, 0.15) is 5.76 Å². The number of hydrogen-bond acceptors (Lipinski definition) is 8. The minimum Gasteiger partial charge on any atom is -0.469 e. The number of para-hydroxylation sites is 1. The maximum atomic E-state index is 12.4. The van der Waals surface area contributed by atoms with Crippen LogP contribution in [0.4, 0.5) is 5.95 Å². The summed E-state index contributed by atoms with van der Waals surface area (Å²) in [5.74, 6) is 0.898. The number of carbonyl (C=O) groups excluding carboxylic acids is 2. The third-order valence-electron chi connectivity index (χ3n) is 4.84. The van der Waals surface area contributed by atoms with E-state index in [4.69, 9.17) is 4.42 Å². The number of nitrogens with zero attached hydrogens (tertiary/aromatic N) is 3. The van der Waals surface area contributed by atoms with Gasteiger partial charge in [-0.15, -0.1) is 11.3 Å². The van der Waals surface area contributed by atoms with Crippen molar-refractivity contribution in [3.63, 3.8) is 0 Å². The van der Waals surface area contributed by atoms with Gasteiger partial charge >= 0.3 is 0 Å². The van der Waals surface area contributed by atoms with Gasteiger partial charge in [-0.05, 0) is 24.3 Å². The summed E-state index contributed by atoms with van der Waals surface area (Å²) < 4.78 is 7.38. The van der Waals surface area contributed by atoms with Crippen molar-refractivity contribution >= 4 is 51.0 Å². The number of benzene rings is 1. The van der Waals surface area contributed by atoms with Crippen molar-refractivity contribution in [2.45, 2.75) is 23.1 Å². The zero-order valence-electron chi connectivity index (χ0n) is 15.7. The summed E-state index contributed by atoms with van der Waals surface area (Å²) in [6.07, 6.45) is 4.04. The van der Waals surface area contributed by atoms with E-state index < -0.39 is 0 Å². The van der Waals surface area contributed by atoms with E-state index in [0.29, 0.717) is 24.1 Å². The normalized spacial score (nSPS) is 15.9. The molecule has 1 aliphatic carbocycles. The van der Waals surface area contributed by atoms with Crippen LogP contribution in [0.1, 0.15) is 34.2 Å². The van der Waals surface area contributed by atoms with Crippen LogP contribution in [-0.4, -0.2) is 32.4 Å². The van der Waals surface area contributed by atoms with Gasteiger partial charge in [0.15, 0.2) is 10.1 Å². The number of thiazole rings is 1. The second-order valence-electron chi connectivity index (χ2n) is 6.88. The molecule has 0 unspecified atom stereocenters. The molecule has 9 heteroatoms. The molecule has 30 heavy (non-hydrogen) atoms. The Bertz CT molecular complexity index is 1200. The summed E-state index contributed by atoms with van der Waals surface area (Å²) in [7, 11) is 0. The van der Waals surface area contributed by atoms with Crippen molar-refractivity contribution in [2.24, 2.45) is 0 Å². The number of furan rings is 1. The Morgan fingerprint density at radius 2 is 2.10 bits per heavy atom. The Morgan fingerprint density at radius 3 is 2.93 bits per heavy atom. The fraction of sp³-hybridized carbons (Fsp3) is 0.190. The van der Waals surface area contributed by atoms with Crippen LogP contribution < -0.4 is 5.32 Å². The molecule has 0 saturated carbocycles. The number of aromatic nitrogens is 3. The summed E-state index contributed by atoms with van der Waals surface area (Å²) in [6, 6.07) is 11.5. The molecule has 1 aliphatic rings. The van der Waals surface area contributed by atoms with Crippen LogP contribution in [-0.2, 0) is 11.2 Å². The molecule has 0 saturated heterocycles. The van der Waals surface area contributed by atoms with Crippen molar-refractivity contribution in [2.75, 3.05) is 11.1 Å². The van der Waals surface area contributed by atoms with Gasteiger partial charge in [0, 0.05) is 25.0 Å². The predicted molar refractivity (Wildman–Crippen MR) is 115 cm³/mol. The predicted octanol–water partition coefficient (Wildman–Crippen LogP) is 4.32. The number of ketones is 1. The van der Waals surface area contributed by atoms with E-state index in [9.17, 15) is 9.59 Å². The van der Waals surface area contributed by atoms with Crippen LogP contribution >= 0.6 is 23.1 Å². The van der Waals surface area contributed by atoms with Crippen molar-refractivity contribution < 1.29 is 14.0 Å². The number of hydrogen-bond donors (Lipinski definition) is 1. The van der Waals surface area contributed by atoms with Gasteiger partial charge < -0.3 is 4.42 Å². The van der Waals surface area contributed by atoms with Gasteiger partial charge in [-0.2, -0.15) is 0 Å². The summed E-state index contributed by atoms with van der Waals surface area (Å²) in [5.41, 5.74) is 2.08. The van der Waals surface area contributed by atoms with Gasteiger partial charge in [-0.1, -0.05) is 23.9 Å². The summed E-state index contributed by atoms with van der Waals surface area (Å²) >= 11 is 2.93. The Kier molecular flexibility index (Phi) is 5.06. The van der Waals surface area contributed by atoms with Crippen LogP contribution in [0.25, 0.3) is 10.2 Å². The van der Waals surface area contributed by atoms with Crippen molar-refractivity contribution in [1.29, 1.82) is 0 Å². The zero-order valence-corrected chi connectivity index (χ0v) is 17.3. The molecule has 1 amide bonds. The lowest BCUT2D eigenvalue weighted by atomic mass is 9.85. The third-order valence-corrected chi connectivity index (χ3v) is 7.02. The first-order valence-corrected chi connectivity index (χ1v) is 11.2. The average molecular weight is 437 g/mol. The molecule has 0 fully saturated rings. The largest absolute Gasteiger partial charge is 0.469 e. The van der Waals surface area contributed by atoms with E-state index in [1.54, 1.807) is 17.6 Å². The van der Waals surface area contributed by atoms with E-state index in [1.807, 2.05) is 36.4 Å². The first kappa shape index (κ1) is 19.0. The van der Waals surface area contributed by atoms with Crippen LogP contribution in [0.5, 0.6) is 0 Å². The quantitative estimate of drug-likeness (QED) is 0.465. The lowest BCUT2D eigenvalue weighted by Crippen LogP contribution is -2.22. The van der Waals surface area contributed by atoms with Crippen LogP contribution in [0.3, 0.4) is 0 Å². The topological polar surface area (TPSA) is 98.0 Å². The smallest absolute Gasteiger partial charge is 0.237 e. The molecule has 4 aromatic rings. The van der Waals surface area contributed by atoms with Crippen molar-refractivity contribution in [3.8, 4) is 0 Å². The molecule has 0 bridgehead atoms. The van der Waals surface area contributed by atoms with Gasteiger partial charge in [0.2, 0.25) is 11.9 Å². The molecule has 1 atom stereocenters. The molecule has 0 aliphatic heterocycles. The first-order valence-electron chi connectivity index (χ1n) is 9.36. The number of fused-ring (bicyclic) bond motifs is 2. The first-order chi connectivity index (χ1) is 14.7. The van der Waals surface area contributed by atoms with Crippen LogP contribution in [0.15, 0.2) is 57.6 Å². The molecule has 150 valence electrons. The average Bonchev–Trinajstić information content (AvgIpc) is 3.41. The molecular formula is C21H16N4O3S2. The van der Waals surface area contributed by atoms with Gasteiger partial charge in [-0.3, -0.25) is 14.9 Å². The SMILES string of the molecule is O=C(CSc1nc2ccccc2s1)Nc1ncc2c(n1)C[C@H](c1ccco1)CC2=O. The fourth-order valence-corrected chi connectivity index (χ4v) is 5.30. The summed E-state index contributed by atoms with van der Waals surface area (Å²) in [4.78, 5) is 37.9. The van der Waals surface area contributed by atoms with Crippen molar-refractivity contribution in [3.05, 3.63) is 65.9 Å². The Hall–Kier alpha value is -3.04. The highest BCUT2D eigenvalue weighted by Crippen LogP contribution is 2.32. The molecule has 7 nitrogen and oxygen atoms in total. The highest BCUT2D eigenvalue weighted by molar-refractivity contribution is 8.01. The molecule has 3 heterocycles. The fourth-order valence-electron chi connectivity index (χ4n) is 3.43. The number of amides is 1. The van der Waals surface area contributed by atoms with Gasteiger partial charge in [0.05, 0.1) is 33.5 Å². The molecule has 1 N–H and O–H groups in total. The van der Waals surface area contributed by atoms with E-state index in [-0.39, 0.29) is 29.3 Å². The maximum Gasteiger partial charge on any atom is 0.237 e. The Labute approximate surface area is 180 Å². The molecule has 1 aromatic carbocycles. The minimum atomic E-state index is -0.219. The Balaban J connectivity index is 1.25. The number of Topliss-reactive ketones (excluding diaryl/α,β-unsaturated/α-hetero) is 1. The minimum absolute atomic E-state index is 0.0121.